The fraction of sp³-hybridized carbons (Fsp3) is 0.750. The van der Waals surface area contributed by atoms with Gasteiger partial charge in [-0.2, -0.15) is 0 Å². The summed E-state index contributed by atoms with van der Waals surface area (Å²) in [6, 6.07) is 0. The predicted octanol–water partition coefficient (Wildman–Crippen LogP) is 4.18. The van der Waals surface area contributed by atoms with Crippen molar-refractivity contribution in [2.45, 2.75) is 90.5 Å². The SMILES string of the molecule is CCCCCC(=O)O[C@]1(C(=O)CO)[C@H](C)C[C@H]2[C@@H]3C[C@H](F)C4=C(F)C(=O)C=C[C@]4(C)[C@H]3[C@@H](O)C[C@@]21C. The molecule has 3 fully saturated rings. The molecule has 8 heteroatoms. The maximum absolute atomic E-state index is 15.6. The highest BCUT2D eigenvalue weighted by Gasteiger charge is 2.73. The van der Waals surface area contributed by atoms with Crippen molar-refractivity contribution in [1.29, 1.82) is 0 Å². The van der Waals surface area contributed by atoms with E-state index in [0.29, 0.717) is 12.8 Å². The quantitative estimate of drug-likeness (QED) is 0.395. The normalized spacial score (nSPS) is 43.6. The van der Waals surface area contributed by atoms with Crippen LogP contribution in [-0.2, 0) is 19.1 Å². The molecule has 4 rings (SSSR count). The summed E-state index contributed by atoms with van der Waals surface area (Å²) in [4.78, 5) is 38.3. The zero-order valence-corrected chi connectivity index (χ0v) is 21.6. The van der Waals surface area contributed by atoms with Crippen LogP contribution in [0.1, 0.15) is 72.6 Å². The number of allylic oxidation sites excluding steroid dienone is 4. The Bertz CT molecular complexity index is 1010. The average Bonchev–Trinajstić information content (AvgIpc) is 3.03. The number of aliphatic hydroxyl groups is 2. The number of fused-ring (bicyclic) bond motifs is 5. The van der Waals surface area contributed by atoms with Crippen LogP contribution in [0.2, 0.25) is 0 Å². The third kappa shape index (κ3) is 3.65. The number of aliphatic hydroxyl groups excluding tert-OH is 2. The minimum atomic E-state index is -1.71. The summed E-state index contributed by atoms with van der Waals surface area (Å²) in [6.07, 6.45) is 2.78. The topological polar surface area (TPSA) is 101 Å². The van der Waals surface area contributed by atoms with E-state index in [1.807, 2.05) is 6.92 Å². The van der Waals surface area contributed by atoms with E-state index in [1.54, 1.807) is 20.8 Å². The van der Waals surface area contributed by atoms with Crippen LogP contribution < -0.4 is 0 Å². The second kappa shape index (κ2) is 9.43. The molecule has 0 saturated heterocycles. The van der Waals surface area contributed by atoms with E-state index in [4.69, 9.17) is 4.74 Å². The molecule has 0 aromatic heterocycles. The highest BCUT2D eigenvalue weighted by molar-refractivity contribution is 6.04. The molecular weight excluding hydrogens is 470 g/mol. The highest BCUT2D eigenvalue weighted by atomic mass is 19.1. The van der Waals surface area contributed by atoms with Crippen LogP contribution >= 0.6 is 0 Å². The van der Waals surface area contributed by atoms with Gasteiger partial charge in [0, 0.05) is 34.7 Å². The summed E-state index contributed by atoms with van der Waals surface area (Å²) >= 11 is 0. The van der Waals surface area contributed by atoms with Gasteiger partial charge in [-0.3, -0.25) is 14.4 Å². The Labute approximate surface area is 211 Å². The number of halogens is 2. The molecular formula is C28H38F2O6. The standard InChI is InChI=1S/C28H38F2O6/c1-5-6-7-8-22(35)36-28(21(34)14-31)15(2)11-17-16-12-18(29)24-25(30)19(32)9-10-26(24,3)23(16)20(33)13-27(17,28)4/h9-10,15-18,20,23,31,33H,5-8,11-14H2,1-4H3/t15-,16+,17+,18+,20+,23-,26-,27+,28+/m1/s1. The Morgan fingerprint density at radius 1 is 1.22 bits per heavy atom. The molecule has 4 aliphatic rings. The molecule has 0 unspecified atom stereocenters. The van der Waals surface area contributed by atoms with Gasteiger partial charge in [0.05, 0.1) is 6.10 Å². The van der Waals surface area contributed by atoms with Crippen molar-refractivity contribution in [3.8, 4) is 0 Å². The molecule has 200 valence electrons. The zero-order valence-electron chi connectivity index (χ0n) is 21.6. The molecule has 0 radical (unpaired) electrons. The molecule has 0 amide bonds. The molecule has 0 aromatic rings. The number of unbranched alkanes of at least 4 members (excludes halogenated alkanes) is 2. The van der Waals surface area contributed by atoms with Crippen molar-refractivity contribution in [2.24, 2.45) is 34.5 Å². The number of Topliss-reactive ketones (excluding diaryl/α,β-unsaturated/α-hetero) is 1. The number of hydrogen-bond donors (Lipinski definition) is 2. The largest absolute Gasteiger partial charge is 0.450 e. The number of alkyl halides is 1. The molecule has 0 bridgehead atoms. The van der Waals surface area contributed by atoms with Gasteiger partial charge in [-0.15, -0.1) is 0 Å². The molecule has 0 spiro atoms. The summed E-state index contributed by atoms with van der Waals surface area (Å²) in [5, 5.41) is 21.5. The summed E-state index contributed by atoms with van der Waals surface area (Å²) < 4.78 is 36.5. The molecule has 0 aromatic carbocycles. The van der Waals surface area contributed by atoms with Crippen molar-refractivity contribution < 1.29 is 38.1 Å². The lowest BCUT2D eigenvalue weighted by atomic mass is 9.45. The van der Waals surface area contributed by atoms with Gasteiger partial charge in [-0.1, -0.05) is 46.6 Å². The van der Waals surface area contributed by atoms with Crippen molar-refractivity contribution in [3.63, 3.8) is 0 Å². The smallest absolute Gasteiger partial charge is 0.306 e. The lowest BCUT2D eigenvalue weighted by Crippen LogP contribution is -2.65. The Hall–Kier alpha value is -1.93. The van der Waals surface area contributed by atoms with Gasteiger partial charge in [0.2, 0.25) is 11.6 Å². The lowest BCUT2D eigenvalue weighted by molar-refractivity contribution is -0.206. The van der Waals surface area contributed by atoms with Gasteiger partial charge >= 0.3 is 5.97 Å². The maximum Gasteiger partial charge on any atom is 0.306 e. The number of ketones is 2. The third-order valence-corrected chi connectivity index (χ3v) is 9.91. The minimum Gasteiger partial charge on any atom is -0.450 e. The summed E-state index contributed by atoms with van der Waals surface area (Å²) in [7, 11) is 0. The van der Waals surface area contributed by atoms with Gasteiger partial charge in [0.25, 0.3) is 0 Å². The van der Waals surface area contributed by atoms with Crippen LogP contribution in [0.5, 0.6) is 0 Å². The first-order chi connectivity index (χ1) is 16.9. The fourth-order valence-corrected chi connectivity index (χ4v) is 8.49. The Morgan fingerprint density at radius 2 is 1.92 bits per heavy atom. The van der Waals surface area contributed by atoms with E-state index in [9.17, 15) is 29.0 Å². The Balaban J connectivity index is 1.76. The summed E-state index contributed by atoms with van der Waals surface area (Å²) in [6.45, 7) is 6.47. The first kappa shape index (κ1) is 27.1. The zero-order chi connectivity index (χ0) is 26.6. The minimum absolute atomic E-state index is 0.0698. The molecule has 6 nitrogen and oxygen atoms in total. The van der Waals surface area contributed by atoms with E-state index in [-0.39, 0.29) is 30.8 Å². The van der Waals surface area contributed by atoms with Crippen molar-refractivity contribution in [3.05, 3.63) is 23.6 Å². The van der Waals surface area contributed by atoms with Gasteiger partial charge in [0.15, 0.2) is 11.4 Å². The van der Waals surface area contributed by atoms with Crippen molar-refractivity contribution in [1.82, 2.24) is 0 Å². The van der Waals surface area contributed by atoms with E-state index < -0.39 is 76.4 Å². The molecule has 36 heavy (non-hydrogen) atoms. The highest BCUT2D eigenvalue weighted by Crippen LogP contribution is 2.69. The summed E-state index contributed by atoms with van der Waals surface area (Å²) in [5.41, 5.74) is -4.08. The van der Waals surface area contributed by atoms with Crippen LogP contribution in [0.25, 0.3) is 0 Å². The number of rotatable bonds is 7. The number of carbonyl (C=O) groups excluding carboxylic acids is 3. The van der Waals surface area contributed by atoms with Gasteiger partial charge in [-0.05, 0) is 43.6 Å². The number of carbonyl (C=O) groups is 3. The summed E-state index contributed by atoms with van der Waals surface area (Å²) in [5.74, 6) is -4.86. The first-order valence-corrected chi connectivity index (χ1v) is 13.2. The molecule has 3 saturated carbocycles. The van der Waals surface area contributed by atoms with Gasteiger partial charge < -0.3 is 14.9 Å². The predicted molar refractivity (Wildman–Crippen MR) is 128 cm³/mol. The molecule has 4 aliphatic carbocycles. The van der Waals surface area contributed by atoms with E-state index >= 15 is 4.39 Å². The molecule has 2 N–H and O–H groups in total. The number of ether oxygens (including phenoxy) is 1. The van der Waals surface area contributed by atoms with Gasteiger partial charge in [0.1, 0.15) is 12.8 Å². The van der Waals surface area contributed by atoms with Crippen molar-refractivity contribution in [2.75, 3.05) is 6.61 Å². The van der Waals surface area contributed by atoms with Crippen LogP contribution in [0, 0.1) is 34.5 Å². The van der Waals surface area contributed by atoms with E-state index in [1.165, 1.54) is 6.08 Å². The number of esters is 1. The molecule has 0 aliphatic heterocycles. The average molecular weight is 509 g/mol. The fourth-order valence-electron chi connectivity index (χ4n) is 8.49. The van der Waals surface area contributed by atoms with Crippen LogP contribution in [0.3, 0.4) is 0 Å². The Morgan fingerprint density at radius 3 is 2.56 bits per heavy atom. The van der Waals surface area contributed by atoms with Crippen LogP contribution in [0.4, 0.5) is 8.78 Å². The van der Waals surface area contributed by atoms with Crippen molar-refractivity contribution >= 4 is 17.5 Å². The monoisotopic (exact) mass is 508 g/mol. The van der Waals surface area contributed by atoms with Gasteiger partial charge in [-0.25, -0.2) is 8.78 Å². The lowest BCUT2D eigenvalue weighted by Gasteiger charge is -2.60. The van der Waals surface area contributed by atoms with Crippen LogP contribution in [0.15, 0.2) is 23.6 Å². The Kier molecular flexibility index (Phi) is 7.10. The molecule has 9 atom stereocenters. The third-order valence-electron chi connectivity index (χ3n) is 9.91. The van der Waals surface area contributed by atoms with E-state index in [0.717, 1.165) is 18.9 Å². The van der Waals surface area contributed by atoms with Crippen LogP contribution in [-0.4, -0.2) is 52.2 Å². The van der Waals surface area contributed by atoms with E-state index in [2.05, 4.69) is 0 Å². The maximum atomic E-state index is 15.6. The number of hydrogen-bond acceptors (Lipinski definition) is 6. The first-order valence-electron chi connectivity index (χ1n) is 13.2. The second-order valence-electron chi connectivity index (χ2n) is 11.8. The second-order valence-corrected chi connectivity index (χ2v) is 11.8. The molecule has 0 heterocycles.